The van der Waals surface area contributed by atoms with Crippen molar-refractivity contribution in [2.45, 2.75) is 3.79 Å². The summed E-state index contributed by atoms with van der Waals surface area (Å²) in [6, 6.07) is 1.49. The van der Waals surface area contributed by atoms with Crippen molar-refractivity contribution >= 4 is 40.8 Å². The number of carbonyl (C=O) groups excluding carboxylic acids is 1. The highest BCUT2D eigenvalue weighted by Gasteiger charge is 2.30. The number of nitriles is 1. The second-order valence-corrected chi connectivity index (χ2v) is 4.17. The SMILES string of the molecule is COC(=O)/C(C#N)=C(/N)C(Cl)(Cl)Cl. The Morgan fingerprint density at radius 3 is 2.23 bits per heavy atom. The fraction of sp³-hybridized carbons (Fsp3) is 0.333. The van der Waals surface area contributed by atoms with Crippen LogP contribution in [-0.4, -0.2) is 16.9 Å². The lowest BCUT2D eigenvalue weighted by atomic mass is 10.2. The van der Waals surface area contributed by atoms with Crippen molar-refractivity contribution in [2.75, 3.05) is 7.11 Å². The van der Waals surface area contributed by atoms with Crippen molar-refractivity contribution in [3.8, 4) is 6.07 Å². The first-order valence-electron chi connectivity index (χ1n) is 2.90. The third-order valence-electron chi connectivity index (χ3n) is 1.08. The van der Waals surface area contributed by atoms with Crippen LogP contribution in [-0.2, 0) is 9.53 Å². The van der Waals surface area contributed by atoms with Gasteiger partial charge in [-0.15, -0.1) is 0 Å². The molecule has 0 aliphatic heterocycles. The Balaban J connectivity index is 5.18. The number of halogens is 3. The molecule has 72 valence electrons. The van der Waals surface area contributed by atoms with Crippen LogP contribution < -0.4 is 5.73 Å². The number of allylic oxidation sites excluding steroid dienone is 1. The summed E-state index contributed by atoms with van der Waals surface area (Å²) in [5.74, 6) is -0.939. The van der Waals surface area contributed by atoms with E-state index >= 15 is 0 Å². The standard InChI is InChI=1S/C6H5Cl3N2O2/c1-13-5(12)3(2-10)4(11)6(7,8)9/h11H2,1H3/b4-3+. The van der Waals surface area contributed by atoms with Crippen LogP contribution >= 0.6 is 34.8 Å². The average molecular weight is 243 g/mol. The van der Waals surface area contributed by atoms with Gasteiger partial charge in [-0.05, 0) is 0 Å². The number of hydrogen-bond acceptors (Lipinski definition) is 4. The van der Waals surface area contributed by atoms with E-state index in [9.17, 15) is 4.79 Å². The normalized spacial score (nSPS) is 12.8. The second kappa shape index (κ2) is 4.56. The van der Waals surface area contributed by atoms with Gasteiger partial charge in [0.25, 0.3) is 0 Å². The van der Waals surface area contributed by atoms with Crippen LogP contribution in [0.15, 0.2) is 11.3 Å². The van der Waals surface area contributed by atoms with Gasteiger partial charge in [-0.25, -0.2) is 4.79 Å². The summed E-state index contributed by atoms with van der Waals surface area (Å²) < 4.78 is 2.26. The molecule has 7 heteroatoms. The number of nitrogens with two attached hydrogens (primary N) is 1. The van der Waals surface area contributed by atoms with E-state index in [0.717, 1.165) is 7.11 Å². The van der Waals surface area contributed by atoms with Gasteiger partial charge in [-0.3, -0.25) is 0 Å². The van der Waals surface area contributed by atoms with Gasteiger partial charge in [-0.1, -0.05) is 34.8 Å². The Labute approximate surface area is 89.8 Å². The molecule has 0 aromatic carbocycles. The number of alkyl halides is 3. The first kappa shape index (κ1) is 12.4. The van der Waals surface area contributed by atoms with Crippen molar-refractivity contribution in [2.24, 2.45) is 5.73 Å². The van der Waals surface area contributed by atoms with Gasteiger partial charge in [0.1, 0.15) is 6.07 Å². The fourth-order valence-electron chi connectivity index (χ4n) is 0.460. The van der Waals surface area contributed by atoms with Gasteiger partial charge in [0.2, 0.25) is 3.79 Å². The molecule has 0 aromatic rings. The van der Waals surface area contributed by atoms with Gasteiger partial charge in [0, 0.05) is 0 Å². The Hall–Kier alpha value is -0.630. The summed E-state index contributed by atoms with van der Waals surface area (Å²) in [5, 5.41) is 8.50. The minimum Gasteiger partial charge on any atom is -0.465 e. The third kappa shape index (κ3) is 3.31. The van der Waals surface area contributed by atoms with Crippen LogP contribution in [0.5, 0.6) is 0 Å². The molecule has 2 N–H and O–H groups in total. The molecule has 0 fully saturated rings. The highest BCUT2D eigenvalue weighted by molar-refractivity contribution is 6.69. The molecule has 0 aliphatic carbocycles. The highest BCUT2D eigenvalue weighted by atomic mass is 35.6. The number of ether oxygens (including phenoxy) is 1. The van der Waals surface area contributed by atoms with Crippen molar-refractivity contribution in [1.82, 2.24) is 0 Å². The topological polar surface area (TPSA) is 76.1 Å². The fourth-order valence-corrected chi connectivity index (χ4v) is 0.743. The molecule has 0 radical (unpaired) electrons. The molecule has 0 rings (SSSR count). The van der Waals surface area contributed by atoms with Crippen LogP contribution in [0.3, 0.4) is 0 Å². The predicted molar refractivity (Wildman–Crippen MR) is 49.1 cm³/mol. The van der Waals surface area contributed by atoms with Gasteiger partial charge >= 0.3 is 5.97 Å². The Morgan fingerprint density at radius 2 is 2.00 bits per heavy atom. The molecule has 0 unspecified atom stereocenters. The molecule has 4 nitrogen and oxygen atoms in total. The van der Waals surface area contributed by atoms with E-state index in [-0.39, 0.29) is 0 Å². The van der Waals surface area contributed by atoms with Crippen molar-refractivity contribution in [3.05, 3.63) is 11.3 Å². The van der Waals surface area contributed by atoms with E-state index in [2.05, 4.69) is 4.74 Å². The lowest BCUT2D eigenvalue weighted by Gasteiger charge is -2.11. The second-order valence-electron chi connectivity index (χ2n) is 1.89. The lowest BCUT2D eigenvalue weighted by Crippen LogP contribution is -2.22. The summed E-state index contributed by atoms with van der Waals surface area (Å²) in [5.41, 5.74) is 4.28. The Kier molecular flexibility index (Phi) is 4.34. The highest BCUT2D eigenvalue weighted by Crippen LogP contribution is 2.33. The smallest absolute Gasteiger partial charge is 0.350 e. The third-order valence-corrected chi connectivity index (χ3v) is 1.69. The molecule has 0 atom stereocenters. The van der Waals surface area contributed by atoms with Gasteiger partial charge < -0.3 is 10.5 Å². The lowest BCUT2D eigenvalue weighted by molar-refractivity contribution is -0.135. The van der Waals surface area contributed by atoms with E-state index in [4.69, 9.17) is 45.8 Å². The van der Waals surface area contributed by atoms with Crippen LogP contribution in [0.4, 0.5) is 0 Å². The minimum atomic E-state index is -1.99. The first-order valence-corrected chi connectivity index (χ1v) is 4.03. The van der Waals surface area contributed by atoms with Gasteiger partial charge in [0.15, 0.2) is 5.57 Å². The summed E-state index contributed by atoms with van der Waals surface area (Å²) in [6.07, 6.45) is 0. The zero-order chi connectivity index (χ0) is 10.6. The minimum absolute atomic E-state index is 0.452. The largest absolute Gasteiger partial charge is 0.465 e. The molecule has 0 aromatic heterocycles. The van der Waals surface area contributed by atoms with Crippen molar-refractivity contribution in [3.63, 3.8) is 0 Å². The summed E-state index contributed by atoms with van der Waals surface area (Å²) in [7, 11) is 1.09. The van der Waals surface area contributed by atoms with Crippen molar-refractivity contribution < 1.29 is 9.53 Å². The van der Waals surface area contributed by atoms with E-state index in [0.29, 0.717) is 0 Å². The quantitative estimate of drug-likeness (QED) is 0.326. The molecule has 0 spiro atoms. The maximum atomic E-state index is 10.9. The molecule has 0 saturated heterocycles. The van der Waals surface area contributed by atoms with E-state index in [1.165, 1.54) is 6.07 Å². The van der Waals surface area contributed by atoms with Crippen LogP contribution in [0.25, 0.3) is 0 Å². The average Bonchev–Trinajstić information content (AvgIpc) is 2.03. The molecule has 13 heavy (non-hydrogen) atoms. The van der Waals surface area contributed by atoms with Crippen molar-refractivity contribution in [1.29, 1.82) is 5.26 Å². The van der Waals surface area contributed by atoms with Crippen LogP contribution in [0.1, 0.15) is 0 Å². The molecule has 0 bridgehead atoms. The summed E-state index contributed by atoms with van der Waals surface area (Å²) in [4.78, 5) is 10.9. The van der Waals surface area contributed by atoms with Crippen LogP contribution in [0.2, 0.25) is 0 Å². The van der Waals surface area contributed by atoms with E-state index < -0.39 is 21.0 Å². The first-order chi connectivity index (χ1) is 5.84. The monoisotopic (exact) mass is 242 g/mol. The molecular weight excluding hydrogens is 238 g/mol. The van der Waals surface area contributed by atoms with Gasteiger partial charge in [0.05, 0.1) is 12.8 Å². The summed E-state index contributed by atoms with van der Waals surface area (Å²) >= 11 is 16.0. The molecule has 0 amide bonds. The number of nitrogens with zero attached hydrogens (tertiary/aromatic N) is 1. The zero-order valence-corrected chi connectivity index (χ0v) is 8.74. The number of esters is 1. The summed E-state index contributed by atoms with van der Waals surface area (Å²) in [6.45, 7) is 0. The molecule has 0 saturated carbocycles. The van der Waals surface area contributed by atoms with E-state index in [1.807, 2.05) is 0 Å². The maximum absolute atomic E-state index is 10.9. The molecular formula is C6H5Cl3N2O2. The number of rotatable bonds is 1. The zero-order valence-electron chi connectivity index (χ0n) is 6.47. The molecule has 0 heterocycles. The number of methoxy groups -OCH3 is 1. The number of hydrogen-bond donors (Lipinski definition) is 1. The Bertz CT molecular complexity index is 287. The van der Waals surface area contributed by atoms with Crippen LogP contribution in [0, 0.1) is 11.3 Å². The maximum Gasteiger partial charge on any atom is 0.350 e. The Morgan fingerprint density at radius 1 is 1.54 bits per heavy atom. The number of carbonyl (C=O) groups is 1. The van der Waals surface area contributed by atoms with Gasteiger partial charge in [-0.2, -0.15) is 5.26 Å². The predicted octanol–water partition coefficient (Wildman–Crippen LogP) is 1.27. The van der Waals surface area contributed by atoms with E-state index in [1.54, 1.807) is 0 Å². The molecule has 0 aliphatic rings.